The Kier molecular flexibility index (Phi) is 6.07. The Labute approximate surface area is 142 Å². The topological polar surface area (TPSA) is 55.8 Å². The van der Waals surface area contributed by atoms with Gasteiger partial charge in [0, 0.05) is 6.54 Å². The molecule has 0 saturated carbocycles. The zero-order valence-corrected chi connectivity index (χ0v) is 17.1. The number of hydrogen-bond donors (Lipinski definition) is 0. The van der Waals surface area contributed by atoms with Crippen LogP contribution in [0, 0.1) is 11.3 Å². The molecule has 1 heterocycles. The maximum absolute atomic E-state index is 12.7. The van der Waals surface area contributed by atoms with E-state index in [4.69, 9.17) is 9.16 Å². The number of amides is 1. The van der Waals surface area contributed by atoms with Crippen LogP contribution in [0.25, 0.3) is 0 Å². The van der Waals surface area contributed by atoms with Crippen molar-refractivity contribution in [2.45, 2.75) is 78.8 Å². The van der Waals surface area contributed by atoms with Gasteiger partial charge in [-0.2, -0.15) is 0 Å². The third-order valence-corrected chi connectivity index (χ3v) is 5.07. The zero-order valence-electron chi connectivity index (χ0n) is 15.9. The van der Waals surface area contributed by atoms with Gasteiger partial charge in [0.2, 0.25) is 0 Å². The molecule has 5 nitrogen and oxygen atoms in total. The fraction of sp³-hybridized carbons (Fsp3) is 0.882. The molecule has 0 aromatic rings. The van der Waals surface area contributed by atoms with Crippen LogP contribution in [0.5, 0.6) is 0 Å². The minimum Gasteiger partial charge on any atom is -0.444 e. The molecule has 0 radical (unpaired) electrons. The molecule has 1 fully saturated rings. The molecule has 0 aliphatic carbocycles. The lowest BCUT2D eigenvalue weighted by Gasteiger charge is -2.39. The summed E-state index contributed by atoms with van der Waals surface area (Å²) < 4.78 is 11.8. The smallest absolute Gasteiger partial charge is 0.412 e. The maximum atomic E-state index is 12.7. The molecule has 0 unspecified atom stereocenters. The average molecular weight is 344 g/mol. The van der Waals surface area contributed by atoms with Crippen LogP contribution < -0.4 is 0 Å². The van der Waals surface area contributed by atoms with E-state index in [-0.39, 0.29) is 23.8 Å². The minimum atomic E-state index is -1.44. The summed E-state index contributed by atoms with van der Waals surface area (Å²) in [6, 6.07) is 0. The van der Waals surface area contributed by atoms with Gasteiger partial charge in [0.05, 0.1) is 6.42 Å². The van der Waals surface area contributed by atoms with Gasteiger partial charge in [-0.25, -0.2) is 4.79 Å². The molecule has 1 aliphatic heterocycles. The highest BCUT2D eigenvalue weighted by Crippen LogP contribution is 2.45. The van der Waals surface area contributed by atoms with Crippen LogP contribution in [0.3, 0.4) is 0 Å². The lowest BCUT2D eigenvalue weighted by molar-refractivity contribution is -0.118. The molecule has 0 aromatic carbocycles. The van der Waals surface area contributed by atoms with Crippen molar-refractivity contribution in [2.24, 2.45) is 11.3 Å². The van der Waals surface area contributed by atoms with E-state index >= 15 is 0 Å². The second kappa shape index (κ2) is 6.93. The first kappa shape index (κ1) is 20.2. The molecule has 2 atom stereocenters. The van der Waals surface area contributed by atoms with Crippen molar-refractivity contribution in [3.05, 3.63) is 0 Å². The highest BCUT2D eigenvalue weighted by Gasteiger charge is 2.52. The van der Waals surface area contributed by atoms with Gasteiger partial charge < -0.3 is 14.0 Å². The fourth-order valence-electron chi connectivity index (χ4n) is 3.01. The number of ether oxygens (including phenoxy) is 1. The number of likely N-dealkylation sites (tertiary alicyclic amines) is 1. The minimum absolute atomic E-state index is 0.0345. The molecule has 0 spiro atoms. The van der Waals surface area contributed by atoms with Crippen LogP contribution in [0.1, 0.15) is 54.4 Å². The predicted octanol–water partition coefficient (Wildman–Crippen LogP) is 3.57. The number of aldehydes is 1. The van der Waals surface area contributed by atoms with Gasteiger partial charge in [-0.3, -0.25) is 4.90 Å². The van der Waals surface area contributed by atoms with Crippen molar-refractivity contribution < 1.29 is 18.8 Å². The Morgan fingerprint density at radius 1 is 1.26 bits per heavy atom. The Morgan fingerprint density at radius 3 is 2.22 bits per heavy atom. The van der Waals surface area contributed by atoms with Crippen LogP contribution in [0.2, 0.25) is 13.1 Å². The van der Waals surface area contributed by atoms with Crippen molar-refractivity contribution in [3.8, 4) is 0 Å². The van der Waals surface area contributed by atoms with E-state index in [1.54, 1.807) is 4.90 Å². The molecule has 134 valence electrons. The first-order chi connectivity index (χ1) is 10.3. The van der Waals surface area contributed by atoms with Crippen LogP contribution in [-0.4, -0.2) is 44.2 Å². The monoisotopic (exact) mass is 343 g/mol. The average Bonchev–Trinajstić information content (AvgIpc) is 2.65. The third kappa shape index (κ3) is 5.31. The standard InChI is InChI=1S/C17H33NO4Si/c1-15(2,3)13-11-17(9-10-19,22-23(7)8)18(12-13)14(20)21-16(4,5)6/h10,13,23H,9,11-12H2,1-8H3/t13-,17-/m1/s1. The van der Waals surface area contributed by atoms with E-state index in [1.807, 2.05) is 20.8 Å². The maximum Gasteiger partial charge on any atom is 0.412 e. The molecule has 0 bridgehead atoms. The van der Waals surface area contributed by atoms with Crippen molar-refractivity contribution in [1.82, 2.24) is 4.90 Å². The first-order valence-corrected chi connectivity index (χ1v) is 11.2. The van der Waals surface area contributed by atoms with E-state index in [1.165, 1.54) is 0 Å². The Hall–Kier alpha value is -0.883. The fourth-order valence-corrected chi connectivity index (χ4v) is 4.20. The van der Waals surface area contributed by atoms with E-state index < -0.39 is 20.4 Å². The van der Waals surface area contributed by atoms with Gasteiger partial charge in [-0.1, -0.05) is 20.8 Å². The van der Waals surface area contributed by atoms with E-state index in [0.717, 1.165) is 6.29 Å². The summed E-state index contributed by atoms with van der Waals surface area (Å²) >= 11 is 0. The largest absolute Gasteiger partial charge is 0.444 e. The van der Waals surface area contributed by atoms with Crippen molar-refractivity contribution in [3.63, 3.8) is 0 Å². The summed E-state index contributed by atoms with van der Waals surface area (Å²) in [6.07, 6.45) is 1.35. The summed E-state index contributed by atoms with van der Waals surface area (Å²) in [7, 11) is -1.44. The summed E-state index contributed by atoms with van der Waals surface area (Å²) in [4.78, 5) is 25.7. The number of hydrogen-bond acceptors (Lipinski definition) is 4. The van der Waals surface area contributed by atoms with Gasteiger partial charge in [0.1, 0.15) is 17.6 Å². The van der Waals surface area contributed by atoms with Gasteiger partial charge in [0.25, 0.3) is 0 Å². The highest BCUT2D eigenvalue weighted by molar-refractivity contribution is 6.48. The number of carbonyl (C=O) groups is 2. The quantitative estimate of drug-likeness (QED) is 0.578. The molecule has 6 heteroatoms. The lowest BCUT2D eigenvalue weighted by Crippen LogP contribution is -2.52. The summed E-state index contributed by atoms with van der Waals surface area (Å²) in [5, 5.41) is 0. The van der Waals surface area contributed by atoms with Crippen LogP contribution >= 0.6 is 0 Å². The molecule has 1 aliphatic rings. The summed E-state index contributed by atoms with van der Waals surface area (Å²) in [5.74, 6) is 0.266. The molecule has 1 amide bonds. The van der Waals surface area contributed by atoms with Crippen molar-refractivity contribution >= 4 is 21.4 Å². The molecule has 1 rings (SSSR count). The second-order valence-corrected chi connectivity index (χ2v) is 11.2. The Bertz CT molecular complexity index is 439. The van der Waals surface area contributed by atoms with E-state index in [0.29, 0.717) is 13.0 Å². The second-order valence-electron chi connectivity index (χ2n) is 8.84. The van der Waals surface area contributed by atoms with E-state index in [2.05, 4.69) is 33.9 Å². The molecular weight excluding hydrogens is 310 g/mol. The number of rotatable bonds is 4. The van der Waals surface area contributed by atoms with Gasteiger partial charge in [-0.05, 0) is 51.6 Å². The van der Waals surface area contributed by atoms with Crippen molar-refractivity contribution in [1.29, 1.82) is 0 Å². The summed E-state index contributed by atoms with van der Waals surface area (Å²) in [6.45, 7) is 16.7. The van der Waals surface area contributed by atoms with Crippen LogP contribution in [0.15, 0.2) is 0 Å². The van der Waals surface area contributed by atoms with Crippen molar-refractivity contribution in [2.75, 3.05) is 6.54 Å². The third-order valence-electron chi connectivity index (χ3n) is 4.16. The molecule has 0 N–H and O–H groups in total. The Morgan fingerprint density at radius 2 is 1.83 bits per heavy atom. The number of nitrogens with zero attached hydrogens (tertiary/aromatic N) is 1. The van der Waals surface area contributed by atoms with Gasteiger partial charge >= 0.3 is 6.09 Å². The molecule has 23 heavy (non-hydrogen) atoms. The summed E-state index contributed by atoms with van der Waals surface area (Å²) in [5.41, 5.74) is -1.38. The normalized spacial score (nSPS) is 25.8. The first-order valence-electron chi connectivity index (χ1n) is 8.43. The predicted molar refractivity (Wildman–Crippen MR) is 93.9 cm³/mol. The molecule has 0 aromatic heterocycles. The van der Waals surface area contributed by atoms with Crippen LogP contribution in [-0.2, 0) is 14.0 Å². The molecule has 1 saturated heterocycles. The van der Waals surface area contributed by atoms with Gasteiger partial charge in [0.15, 0.2) is 9.04 Å². The zero-order chi connectivity index (χ0) is 18.1. The SMILES string of the molecule is C[SiH](C)O[C@]1(CC=O)C[C@@H](C(C)(C)C)CN1C(=O)OC(C)(C)C. The van der Waals surface area contributed by atoms with E-state index in [9.17, 15) is 9.59 Å². The lowest BCUT2D eigenvalue weighted by atomic mass is 9.79. The number of carbonyl (C=O) groups excluding carboxylic acids is 2. The highest BCUT2D eigenvalue weighted by atomic mass is 28.3. The van der Waals surface area contributed by atoms with Crippen LogP contribution in [0.4, 0.5) is 4.79 Å². The van der Waals surface area contributed by atoms with Gasteiger partial charge in [-0.15, -0.1) is 0 Å². The molecular formula is C17H33NO4Si. The Balaban J connectivity index is 3.17.